The average molecular weight is 333 g/mol. The first-order chi connectivity index (χ1) is 10.8. The number of benzene rings is 1. The van der Waals surface area contributed by atoms with Crippen LogP contribution in [0.15, 0.2) is 36.9 Å². The molecule has 0 aliphatic carbocycles. The number of hydrogen-bond acceptors (Lipinski definition) is 2. The summed E-state index contributed by atoms with van der Waals surface area (Å²) in [5.74, 6) is 1.06. The molecule has 0 heterocycles. The van der Waals surface area contributed by atoms with E-state index in [2.05, 4.69) is 48.1 Å². The van der Waals surface area contributed by atoms with Gasteiger partial charge in [-0.05, 0) is 47.3 Å². The molecule has 0 aliphatic rings. The Morgan fingerprint density at radius 1 is 1.04 bits per heavy atom. The third-order valence-electron chi connectivity index (χ3n) is 4.75. The molecule has 1 aromatic carbocycles. The van der Waals surface area contributed by atoms with Gasteiger partial charge in [0.1, 0.15) is 5.75 Å². The van der Waals surface area contributed by atoms with Crippen molar-refractivity contribution in [2.24, 2.45) is 0 Å². The van der Waals surface area contributed by atoms with E-state index >= 15 is 0 Å². The lowest BCUT2D eigenvalue weighted by atomic mass is 10.1. The molecule has 0 radical (unpaired) electrons. The fraction of sp³-hybridized carbons (Fsp3) is 0.550. The van der Waals surface area contributed by atoms with Crippen molar-refractivity contribution in [1.82, 2.24) is 0 Å². The molecule has 1 rings (SSSR count). The van der Waals surface area contributed by atoms with Crippen molar-refractivity contribution in [2.45, 2.75) is 71.0 Å². The molecular formula is C20H32O2Si. The summed E-state index contributed by atoms with van der Waals surface area (Å²) in [6, 6.07) is 7.69. The van der Waals surface area contributed by atoms with E-state index in [9.17, 15) is 4.79 Å². The molecule has 1 aromatic rings. The number of Topliss-reactive ketones (excluding diaryl/α,β-unsaturated/α-hetero) is 1. The molecule has 128 valence electrons. The molecule has 0 bridgehead atoms. The summed E-state index contributed by atoms with van der Waals surface area (Å²) < 4.78 is 6.61. The normalized spacial score (nSPS) is 12.0. The summed E-state index contributed by atoms with van der Waals surface area (Å²) in [4.78, 5) is 12.0. The maximum Gasteiger partial charge on any atom is 0.258 e. The van der Waals surface area contributed by atoms with Gasteiger partial charge in [0.05, 0.1) is 0 Å². The first-order valence-electron chi connectivity index (χ1n) is 8.68. The SMILES string of the molecule is C=CCCC(=O)c1ccc(O[Si](C(C)C)(C(C)C)C(C)C)cc1. The van der Waals surface area contributed by atoms with E-state index in [1.54, 1.807) is 6.08 Å². The van der Waals surface area contributed by atoms with E-state index in [1.807, 2.05) is 24.3 Å². The molecule has 2 nitrogen and oxygen atoms in total. The number of rotatable bonds is 9. The molecule has 3 heteroatoms. The summed E-state index contributed by atoms with van der Waals surface area (Å²) in [5.41, 5.74) is 2.37. The summed E-state index contributed by atoms with van der Waals surface area (Å²) >= 11 is 0. The number of ketones is 1. The van der Waals surface area contributed by atoms with Crippen molar-refractivity contribution in [2.75, 3.05) is 0 Å². The van der Waals surface area contributed by atoms with Crippen LogP contribution in [0.4, 0.5) is 0 Å². The van der Waals surface area contributed by atoms with E-state index in [0.717, 1.165) is 17.7 Å². The van der Waals surface area contributed by atoms with Crippen LogP contribution in [0.5, 0.6) is 5.75 Å². The van der Waals surface area contributed by atoms with Gasteiger partial charge in [-0.1, -0.05) is 47.6 Å². The second kappa shape index (κ2) is 8.49. The minimum atomic E-state index is -1.93. The molecular weight excluding hydrogens is 300 g/mol. The highest BCUT2D eigenvalue weighted by molar-refractivity contribution is 6.78. The Balaban J connectivity index is 2.98. The molecule has 0 saturated carbocycles. The monoisotopic (exact) mass is 332 g/mol. The Hall–Kier alpha value is -1.35. The van der Waals surface area contributed by atoms with Gasteiger partial charge in [-0.15, -0.1) is 6.58 Å². The number of carbonyl (C=O) groups excluding carboxylic acids is 1. The van der Waals surface area contributed by atoms with Crippen molar-refractivity contribution in [1.29, 1.82) is 0 Å². The predicted octanol–water partition coefficient (Wildman–Crippen LogP) is 6.39. The first-order valence-corrected chi connectivity index (χ1v) is 10.8. The van der Waals surface area contributed by atoms with Crippen molar-refractivity contribution >= 4 is 14.1 Å². The van der Waals surface area contributed by atoms with Gasteiger partial charge in [0.2, 0.25) is 0 Å². The zero-order chi connectivity index (χ0) is 17.6. The average Bonchev–Trinajstić information content (AvgIpc) is 2.49. The van der Waals surface area contributed by atoms with Gasteiger partial charge < -0.3 is 4.43 Å². The van der Waals surface area contributed by atoms with Crippen molar-refractivity contribution in [3.8, 4) is 5.75 Å². The van der Waals surface area contributed by atoms with Gasteiger partial charge in [-0.2, -0.15) is 0 Å². The van der Waals surface area contributed by atoms with Gasteiger partial charge in [0.25, 0.3) is 8.32 Å². The Morgan fingerprint density at radius 2 is 1.52 bits per heavy atom. The van der Waals surface area contributed by atoms with Crippen LogP contribution in [0.1, 0.15) is 64.7 Å². The van der Waals surface area contributed by atoms with E-state index in [-0.39, 0.29) is 5.78 Å². The van der Waals surface area contributed by atoms with Crippen LogP contribution in [0.2, 0.25) is 16.6 Å². The standard InChI is InChI=1S/C20H32O2Si/c1-8-9-10-20(21)18-11-13-19(14-12-18)22-23(15(2)3,16(4)5)17(6)7/h8,11-17H,1,9-10H2,2-7H3. The smallest absolute Gasteiger partial charge is 0.258 e. The highest BCUT2D eigenvalue weighted by Crippen LogP contribution is 2.42. The highest BCUT2D eigenvalue weighted by atomic mass is 28.4. The lowest BCUT2D eigenvalue weighted by Crippen LogP contribution is -2.50. The Morgan fingerprint density at radius 3 is 1.91 bits per heavy atom. The molecule has 0 aromatic heterocycles. The minimum Gasteiger partial charge on any atom is -0.543 e. The topological polar surface area (TPSA) is 26.3 Å². The van der Waals surface area contributed by atoms with Gasteiger partial charge >= 0.3 is 0 Å². The molecule has 0 amide bonds. The second-order valence-electron chi connectivity index (χ2n) is 7.19. The lowest BCUT2D eigenvalue weighted by Gasteiger charge is -2.42. The van der Waals surface area contributed by atoms with Crippen molar-refractivity contribution < 1.29 is 9.22 Å². The largest absolute Gasteiger partial charge is 0.543 e. The molecule has 0 N–H and O–H groups in total. The van der Waals surface area contributed by atoms with Crippen LogP contribution in [0.3, 0.4) is 0 Å². The molecule has 23 heavy (non-hydrogen) atoms. The molecule has 0 atom stereocenters. The number of hydrogen-bond donors (Lipinski definition) is 0. The quantitative estimate of drug-likeness (QED) is 0.297. The van der Waals surface area contributed by atoms with Gasteiger partial charge in [-0.25, -0.2) is 0 Å². The van der Waals surface area contributed by atoms with Gasteiger partial charge in [0, 0.05) is 12.0 Å². The van der Waals surface area contributed by atoms with E-state index < -0.39 is 8.32 Å². The van der Waals surface area contributed by atoms with Crippen molar-refractivity contribution in [3.63, 3.8) is 0 Å². The number of carbonyl (C=O) groups is 1. The first kappa shape index (κ1) is 19.7. The Kier molecular flexibility index (Phi) is 7.27. The van der Waals surface area contributed by atoms with Crippen LogP contribution in [-0.2, 0) is 0 Å². The zero-order valence-electron chi connectivity index (χ0n) is 15.6. The van der Waals surface area contributed by atoms with E-state index in [4.69, 9.17) is 4.43 Å². The lowest BCUT2D eigenvalue weighted by molar-refractivity contribution is 0.0983. The molecule has 0 saturated heterocycles. The second-order valence-corrected chi connectivity index (χ2v) is 12.6. The Bertz CT molecular complexity index is 493. The third-order valence-corrected chi connectivity index (χ3v) is 10.8. The fourth-order valence-corrected chi connectivity index (χ4v) is 8.90. The maximum absolute atomic E-state index is 12.0. The summed E-state index contributed by atoms with van der Waals surface area (Å²) in [5, 5.41) is 0. The third kappa shape index (κ3) is 4.57. The summed E-state index contributed by atoms with van der Waals surface area (Å²) in [6.45, 7) is 17.3. The molecule has 0 fully saturated rings. The molecule has 0 aliphatic heterocycles. The van der Waals surface area contributed by atoms with E-state index in [1.165, 1.54) is 0 Å². The zero-order valence-corrected chi connectivity index (χ0v) is 16.6. The molecule has 0 spiro atoms. The van der Waals surface area contributed by atoms with Crippen LogP contribution in [0.25, 0.3) is 0 Å². The predicted molar refractivity (Wildman–Crippen MR) is 102 cm³/mol. The Labute approximate surface area is 143 Å². The van der Waals surface area contributed by atoms with Gasteiger partial charge in [-0.3, -0.25) is 4.79 Å². The maximum atomic E-state index is 12.0. The summed E-state index contributed by atoms with van der Waals surface area (Å²) in [6.07, 6.45) is 3.02. The van der Waals surface area contributed by atoms with Crippen LogP contribution >= 0.6 is 0 Å². The molecule has 0 unspecified atom stereocenters. The van der Waals surface area contributed by atoms with Crippen LogP contribution in [-0.4, -0.2) is 14.1 Å². The fourth-order valence-electron chi connectivity index (χ4n) is 3.64. The van der Waals surface area contributed by atoms with Crippen molar-refractivity contribution in [3.05, 3.63) is 42.5 Å². The van der Waals surface area contributed by atoms with E-state index in [0.29, 0.717) is 23.0 Å². The summed E-state index contributed by atoms with van der Waals surface area (Å²) in [7, 11) is -1.93. The van der Waals surface area contributed by atoms with Crippen LogP contribution in [0, 0.1) is 0 Å². The highest BCUT2D eigenvalue weighted by Gasteiger charge is 2.46. The van der Waals surface area contributed by atoms with Crippen LogP contribution < -0.4 is 4.43 Å². The van der Waals surface area contributed by atoms with Gasteiger partial charge in [0.15, 0.2) is 5.78 Å². The minimum absolute atomic E-state index is 0.163. The number of allylic oxidation sites excluding steroid dienone is 1.